The Bertz CT molecular complexity index is 611. The van der Waals surface area contributed by atoms with Crippen molar-refractivity contribution in [3.05, 3.63) is 71.5 Å². The fraction of sp³-hybridized carbons (Fsp3) is 0.278. The largest absolute Gasteiger partial charge is 0.356 e. The Kier molecular flexibility index (Phi) is 5.95. The number of nitrogens with zero attached hydrogens (tertiary/aromatic N) is 2. The lowest BCUT2D eigenvalue weighted by molar-refractivity contribution is 0.477. The van der Waals surface area contributed by atoms with E-state index in [1.165, 1.54) is 11.6 Å². The quantitative estimate of drug-likeness (QED) is 0.679. The minimum absolute atomic E-state index is 0.192. The van der Waals surface area contributed by atoms with E-state index in [-0.39, 0.29) is 5.82 Å². The molecule has 4 heteroatoms. The maximum Gasteiger partial charge on any atom is 0.193 e. The molecule has 0 aliphatic carbocycles. The van der Waals surface area contributed by atoms with Gasteiger partial charge in [-0.05, 0) is 29.7 Å². The van der Waals surface area contributed by atoms with Crippen molar-refractivity contribution in [1.82, 2.24) is 10.2 Å². The number of rotatable bonds is 5. The first-order valence-electron chi connectivity index (χ1n) is 7.39. The van der Waals surface area contributed by atoms with E-state index in [9.17, 15) is 4.39 Å². The van der Waals surface area contributed by atoms with E-state index in [2.05, 4.69) is 27.3 Å². The Morgan fingerprint density at radius 2 is 1.82 bits per heavy atom. The van der Waals surface area contributed by atoms with Crippen LogP contribution in [0.3, 0.4) is 0 Å². The van der Waals surface area contributed by atoms with Crippen LogP contribution < -0.4 is 5.32 Å². The molecule has 0 spiro atoms. The SMILES string of the molecule is CN=C(NCCc1cccc(F)c1)N(C)Cc1ccccc1. The molecule has 3 nitrogen and oxygen atoms in total. The molecule has 22 heavy (non-hydrogen) atoms. The van der Waals surface area contributed by atoms with Crippen LogP contribution in [0.5, 0.6) is 0 Å². The van der Waals surface area contributed by atoms with Gasteiger partial charge in [0, 0.05) is 27.2 Å². The Morgan fingerprint density at radius 3 is 2.50 bits per heavy atom. The number of benzene rings is 2. The number of halogens is 1. The highest BCUT2D eigenvalue weighted by molar-refractivity contribution is 5.79. The minimum atomic E-state index is -0.192. The average molecular weight is 299 g/mol. The minimum Gasteiger partial charge on any atom is -0.356 e. The van der Waals surface area contributed by atoms with Gasteiger partial charge >= 0.3 is 0 Å². The lowest BCUT2D eigenvalue weighted by atomic mass is 10.1. The second-order valence-electron chi connectivity index (χ2n) is 5.20. The predicted octanol–water partition coefficient (Wildman–Crippen LogP) is 3.08. The van der Waals surface area contributed by atoms with Crippen LogP contribution in [-0.2, 0) is 13.0 Å². The van der Waals surface area contributed by atoms with Crippen LogP contribution >= 0.6 is 0 Å². The molecule has 0 atom stereocenters. The molecule has 0 fully saturated rings. The summed E-state index contributed by atoms with van der Waals surface area (Å²) in [5.41, 5.74) is 2.21. The molecular weight excluding hydrogens is 277 g/mol. The second-order valence-corrected chi connectivity index (χ2v) is 5.20. The van der Waals surface area contributed by atoms with E-state index in [1.54, 1.807) is 19.2 Å². The lowest BCUT2D eigenvalue weighted by Gasteiger charge is -2.22. The number of hydrogen-bond acceptors (Lipinski definition) is 1. The molecule has 116 valence electrons. The lowest BCUT2D eigenvalue weighted by Crippen LogP contribution is -2.39. The van der Waals surface area contributed by atoms with Gasteiger partial charge in [-0.3, -0.25) is 4.99 Å². The Hall–Kier alpha value is -2.36. The molecule has 0 saturated heterocycles. The van der Waals surface area contributed by atoms with Crippen molar-refractivity contribution in [3.63, 3.8) is 0 Å². The van der Waals surface area contributed by atoms with E-state index in [1.807, 2.05) is 31.3 Å². The van der Waals surface area contributed by atoms with Crippen molar-refractivity contribution in [2.45, 2.75) is 13.0 Å². The summed E-state index contributed by atoms with van der Waals surface area (Å²) >= 11 is 0. The first kappa shape index (κ1) is 16.0. The van der Waals surface area contributed by atoms with Crippen LogP contribution in [0.2, 0.25) is 0 Å². The maximum atomic E-state index is 13.1. The van der Waals surface area contributed by atoms with Gasteiger partial charge in [-0.2, -0.15) is 0 Å². The molecular formula is C18H22FN3. The van der Waals surface area contributed by atoms with Gasteiger partial charge < -0.3 is 10.2 Å². The molecule has 0 bridgehead atoms. The van der Waals surface area contributed by atoms with Crippen molar-refractivity contribution in [3.8, 4) is 0 Å². The highest BCUT2D eigenvalue weighted by atomic mass is 19.1. The van der Waals surface area contributed by atoms with Gasteiger partial charge in [0.15, 0.2) is 5.96 Å². The third kappa shape index (κ3) is 4.88. The van der Waals surface area contributed by atoms with Gasteiger partial charge in [-0.15, -0.1) is 0 Å². The van der Waals surface area contributed by atoms with Gasteiger partial charge in [-0.1, -0.05) is 42.5 Å². The summed E-state index contributed by atoms with van der Waals surface area (Å²) in [5, 5.41) is 3.31. The van der Waals surface area contributed by atoms with Crippen LogP contribution in [0.15, 0.2) is 59.6 Å². The molecule has 0 saturated carbocycles. The molecule has 0 aliphatic heterocycles. The van der Waals surface area contributed by atoms with Crippen molar-refractivity contribution in [2.24, 2.45) is 4.99 Å². The number of hydrogen-bond donors (Lipinski definition) is 1. The normalized spacial score (nSPS) is 11.3. The molecule has 0 heterocycles. The van der Waals surface area contributed by atoms with Gasteiger partial charge in [-0.25, -0.2) is 4.39 Å². The van der Waals surface area contributed by atoms with Gasteiger partial charge in [0.2, 0.25) is 0 Å². The van der Waals surface area contributed by atoms with Crippen LogP contribution in [0, 0.1) is 5.82 Å². The molecule has 0 amide bonds. The molecule has 2 aromatic rings. The number of aliphatic imine (C=N–C) groups is 1. The van der Waals surface area contributed by atoms with Gasteiger partial charge in [0.25, 0.3) is 0 Å². The summed E-state index contributed by atoms with van der Waals surface area (Å²) in [5.74, 6) is 0.642. The Morgan fingerprint density at radius 1 is 1.09 bits per heavy atom. The van der Waals surface area contributed by atoms with E-state index < -0.39 is 0 Å². The second kappa shape index (κ2) is 8.17. The van der Waals surface area contributed by atoms with Crippen LogP contribution in [0.4, 0.5) is 4.39 Å². The molecule has 2 aromatic carbocycles. The Balaban J connectivity index is 1.84. The topological polar surface area (TPSA) is 27.6 Å². The Labute approximate surface area is 131 Å². The summed E-state index contributed by atoms with van der Waals surface area (Å²) in [6, 6.07) is 17.0. The van der Waals surface area contributed by atoms with Crippen LogP contribution in [0.1, 0.15) is 11.1 Å². The third-order valence-electron chi connectivity index (χ3n) is 3.42. The summed E-state index contributed by atoms with van der Waals surface area (Å²) in [4.78, 5) is 6.36. The zero-order chi connectivity index (χ0) is 15.8. The predicted molar refractivity (Wildman–Crippen MR) is 89.4 cm³/mol. The highest BCUT2D eigenvalue weighted by Gasteiger charge is 2.06. The molecule has 1 N–H and O–H groups in total. The van der Waals surface area contributed by atoms with Crippen molar-refractivity contribution >= 4 is 5.96 Å². The zero-order valence-electron chi connectivity index (χ0n) is 13.1. The van der Waals surface area contributed by atoms with E-state index in [0.29, 0.717) is 0 Å². The van der Waals surface area contributed by atoms with Crippen molar-refractivity contribution in [1.29, 1.82) is 0 Å². The van der Waals surface area contributed by atoms with E-state index in [0.717, 1.165) is 31.0 Å². The monoisotopic (exact) mass is 299 g/mol. The van der Waals surface area contributed by atoms with Gasteiger partial charge in [0.05, 0.1) is 0 Å². The first-order valence-corrected chi connectivity index (χ1v) is 7.39. The fourth-order valence-electron chi connectivity index (χ4n) is 2.33. The first-order chi connectivity index (χ1) is 10.7. The molecule has 0 aliphatic rings. The maximum absolute atomic E-state index is 13.1. The van der Waals surface area contributed by atoms with Crippen molar-refractivity contribution < 1.29 is 4.39 Å². The smallest absolute Gasteiger partial charge is 0.193 e. The van der Waals surface area contributed by atoms with Crippen molar-refractivity contribution in [2.75, 3.05) is 20.6 Å². The van der Waals surface area contributed by atoms with E-state index >= 15 is 0 Å². The summed E-state index contributed by atoms with van der Waals surface area (Å²) in [6.45, 7) is 1.51. The third-order valence-corrected chi connectivity index (χ3v) is 3.42. The van der Waals surface area contributed by atoms with Crippen LogP contribution in [-0.4, -0.2) is 31.5 Å². The van der Waals surface area contributed by atoms with E-state index in [4.69, 9.17) is 0 Å². The molecule has 0 radical (unpaired) electrons. The zero-order valence-corrected chi connectivity index (χ0v) is 13.1. The standard InChI is InChI=1S/C18H22FN3/c1-20-18(22(2)14-16-7-4-3-5-8-16)21-12-11-15-9-6-10-17(19)13-15/h3-10,13H,11-12,14H2,1-2H3,(H,20,21). The van der Waals surface area contributed by atoms with Crippen LogP contribution in [0.25, 0.3) is 0 Å². The molecule has 0 aromatic heterocycles. The fourth-order valence-corrected chi connectivity index (χ4v) is 2.33. The molecule has 0 unspecified atom stereocenters. The summed E-state index contributed by atoms with van der Waals surface area (Å²) in [6.07, 6.45) is 0.760. The van der Waals surface area contributed by atoms with Gasteiger partial charge in [0.1, 0.15) is 5.82 Å². The highest BCUT2D eigenvalue weighted by Crippen LogP contribution is 2.05. The molecule has 2 rings (SSSR count). The summed E-state index contributed by atoms with van der Waals surface area (Å²) < 4.78 is 13.1. The average Bonchev–Trinajstić information content (AvgIpc) is 2.52. The number of guanidine groups is 1. The summed E-state index contributed by atoms with van der Waals surface area (Å²) in [7, 11) is 3.77. The number of nitrogens with one attached hydrogen (secondary N) is 1.